The third-order valence-corrected chi connectivity index (χ3v) is 4.23. The van der Waals surface area contributed by atoms with Crippen LogP contribution in [0.2, 0.25) is 0 Å². The maximum absolute atomic E-state index is 12.0. The largest absolute Gasteiger partial charge is 0.462 e. The van der Waals surface area contributed by atoms with Crippen molar-refractivity contribution in [1.29, 1.82) is 0 Å². The number of rotatable bonds is 8. The average Bonchev–Trinajstić information content (AvgIpc) is 2.70. The molecule has 0 aliphatic heterocycles. The van der Waals surface area contributed by atoms with Crippen molar-refractivity contribution < 1.29 is 28.8 Å². The first-order chi connectivity index (χ1) is 13.8. The minimum absolute atomic E-state index is 0.0531. The number of nitro benzene ring substituents is 1. The zero-order valence-corrected chi connectivity index (χ0v) is 16.9. The maximum atomic E-state index is 12.0. The topological polar surface area (TPSA) is 125 Å². The van der Waals surface area contributed by atoms with Gasteiger partial charge in [-0.15, -0.1) is 0 Å². The molecule has 0 saturated carbocycles. The van der Waals surface area contributed by atoms with Crippen LogP contribution in [0.5, 0.6) is 0 Å². The van der Waals surface area contributed by atoms with Gasteiger partial charge in [0.15, 0.2) is 6.61 Å². The van der Waals surface area contributed by atoms with Crippen molar-refractivity contribution in [2.45, 2.75) is 13.3 Å². The number of hydrogen-bond acceptors (Lipinski definition) is 7. The van der Waals surface area contributed by atoms with Crippen molar-refractivity contribution in [1.82, 2.24) is 0 Å². The van der Waals surface area contributed by atoms with Gasteiger partial charge in [-0.2, -0.15) is 0 Å². The van der Waals surface area contributed by atoms with Crippen molar-refractivity contribution in [2.24, 2.45) is 0 Å². The van der Waals surface area contributed by atoms with E-state index in [1.807, 2.05) is 6.92 Å². The van der Waals surface area contributed by atoms with E-state index in [9.17, 15) is 24.5 Å². The van der Waals surface area contributed by atoms with Gasteiger partial charge in [0, 0.05) is 11.8 Å². The van der Waals surface area contributed by atoms with E-state index in [1.165, 1.54) is 36.4 Å². The number of nitrogens with zero attached hydrogens (tertiary/aromatic N) is 1. The highest BCUT2D eigenvalue weighted by Gasteiger charge is 2.17. The number of benzene rings is 2. The van der Waals surface area contributed by atoms with E-state index in [-0.39, 0.29) is 15.7 Å². The Balaban J connectivity index is 1.89. The fourth-order valence-electron chi connectivity index (χ4n) is 2.16. The van der Waals surface area contributed by atoms with Crippen molar-refractivity contribution >= 4 is 45.2 Å². The summed E-state index contributed by atoms with van der Waals surface area (Å²) in [7, 11) is 0. The molecular weight excluding hydrogens is 448 g/mol. The number of ether oxygens (including phenoxy) is 2. The first-order valence-electron chi connectivity index (χ1n) is 8.50. The molecule has 0 saturated heterocycles. The molecule has 0 fully saturated rings. The normalized spacial score (nSPS) is 10.1. The number of nitro groups is 1. The monoisotopic (exact) mass is 464 g/mol. The molecule has 0 aromatic heterocycles. The Morgan fingerprint density at radius 1 is 1.03 bits per heavy atom. The van der Waals surface area contributed by atoms with Crippen LogP contribution in [-0.4, -0.2) is 36.0 Å². The highest BCUT2D eigenvalue weighted by molar-refractivity contribution is 9.10. The molecular formula is C19H17BrN2O7. The van der Waals surface area contributed by atoms with Gasteiger partial charge in [-0.1, -0.05) is 6.92 Å². The number of carbonyl (C=O) groups excluding carboxylic acids is 3. The summed E-state index contributed by atoms with van der Waals surface area (Å²) in [5, 5.41) is 13.4. The van der Waals surface area contributed by atoms with Crippen LogP contribution in [0.25, 0.3) is 0 Å². The van der Waals surface area contributed by atoms with Crippen molar-refractivity contribution in [3.8, 4) is 0 Å². The smallest absolute Gasteiger partial charge is 0.338 e. The number of hydrogen-bond donors (Lipinski definition) is 1. The van der Waals surface area contributed by atoms with Crippen LogP contribution in [-0.2, 0) is 14.3 Å². The van der Waals surface area contributed by atoms with Crippen molar-refractivity contribution in [3.63, 3.8) is 0 Å². The number of esters is 2. The maximum Gasteiger partial charge on any atom is 0.338 e. The Hall–Kier alpha value is -3.27. The molecule has 0 radical (unpaired) electrons. The SMILES string of the molecule is CCCOC(=O)c1ccc(NC(=O)COC(=O)c2ccc(Br)c([N+](=O)[O-])c2)cc1. The molecule has 29 heavy (non-hydrogen) atoms. The molecule has 1 amide bonds. The fourth-order valence-corrected chi connectivity index (χ4v) is 2.55. The number of halogens is 1. The Bertz CT molecular complexity index is 929. The number of anilines is 1. The van der Waals surface area contributed by atoms with Crippen molar-refractivity contribution in [2.75, 3.05) is 18.5 Å². The predicted molar refractivity (Wildman–Crippen MR) is 107 cm³/mol. The molecule has 0 unspecified atom stereocenters. The molecule has 1 N–H and O–H groups in total. The summed E-state index contributed by atoms with van der Waals surface area (Å²) in [5.41, 5.74) is 0.404. The second-order valence-corrected chi connectivity index (χ2v) is 6.62. The van der Waals surface area contributed by atoms with Gasteiger partial charge in [-0.05, 0) is 58.7 Å². The Morgan fingerprint density at radius 3 is 2.28 bits per heavy atom. The third-order valence-electron chi connectivity index (χ3n) is 3.55. The second-order valence-electron chi connectivity index (χ2n) is 5.76. The highest BCUT2D eigenvalue weighted by atomic mass is 79.9. The standard InChI is InChI=1S/C19H17BrN2O7/c1-2-9-28-18(24)12-3-6-14(7-4-12)21-17(23)11-29-19(25)13-5-8-15(20)16(10-13)22(26)27/h3-8,10H,2,9,11H2,1H3,(H,21,23). The minimum Gasteiger partial charge on any atom is -0.462 e. The molecule has 2 rings (SSSR count). The molecule has 9 nitrogen and oxygen atoms in total. The molecule has 0 heterocycles. The first-order valence-corrected chi connectivity index (χ1v) is 9.29. The summed E-state index contributed by atoms with van der Waals surface area (Å²) < 4.78 is 10.1. The zero-order valence-electron chi connectivity index (χ0n) is 15.3. The predicted octanol–water partition coefficient (Wildman–Crippen LogP) is 3.72. The second kappa shape index (κ2) is 10.3. The molecule has 2 aromatic rings. The van der Waals surface area contributed by atoms with Gasteiger partial charge >= 0.3 is 11.9 Å². The van der Waals surface area contributed by atoms with Gasteiger partial charge in [0.1, 0.15) is 0 Å². The van der Waals surface area contributed by atoms with Gasteiger partial charge in [-0.3, -0.25) is 14.9 Å². The van der Waals surface area contributed by atoms with Crippen LogP contribution < -0.4 is 5.32 Å². The van der Waals surface area contributed by atoms with E-state index in [4.69, 9.17) is 9.47 Å². The molecule has 2 aromatic carbocycles. The molecule has 0 atom stereocenters. The Kier molecular flexibility index (Phi) is 7.84. The molecule has 0 aliphatic rings. The van der Waals surface area contributed by atoms with E-state index in [0.29, 0.717) is 24.3 Å². The average molecular weight is 465 g/mol. The molecule has 0 spiro atoms. The lowest BCUT2D eigenvalue weighted by Crippen LogP contribution is -2.21. The Morgan fingerprint density at radius 2 is 1.66 bits per heavy atom. The summed E-state index contributed by atoms with van der Waals surface area (Å²) in [6.45, 7) is 1.63. The van der Waals surface area contributed by atoms with Gasteiger partial charge in [0.2, 0.25) is 0 Å². The van der Waals surface area contributed by atoms with E-state index < -0.39 is 29.4 Å². The van der Waals surface area contributed by atoms with E-state index in [2.05, 4.69) is 21.2 Å². The summed E-state index contributed by atoms with van der Waals surface area (Å²) in [4.78, 5) is 45.9. The Labute approximate surface area is 174 Å². The van der Waals surface area contributed by atoms with Gasteiger partial charge < -0.3 is 14.8 Å². The lowest BCUT2D eigenvalue weighted by Gasteiger charge is -2.08. The number of amides is 1. The third kappa shape index (κ3) is 6.39. The van der Waals surface area contributed by atoms with Crippen LogP contribution in [0.1, 0.15) is 34.1 Å². The van der Waals surface area contributed by atoms with Crippen LogP contribution >= 0.6 is 15.9 Å². The van der Waals surface area contributed by atoms with E-state index in [0.717, 1.165) is 6.07 Å². The summed E-state index contributed by atoms with van der Waals surface area (Å²) >= 11 is 3.02. The van der Waals surface area contributed by atoms with Gasteiger partial charge in [0.25, 0.3) is 11.6 Å². The molecule has 0 aliphatic carbocycles. The van der Waals surface area contributed by atoms with E-state index >= 15 is 0 Å². The lowest BCUT2D eigenvalue weighted by molar-refractivity contribution is -0.385. The summed E-state index contributed by atoms with van der Waals surface area (Å²) in [6.07, 6.45) is 0.714. The minimum atomic E-state index is -0.871. The lowest BCUT2D eigenvalue weighted by atomic mass is 10.2. The van der Waals surface area contributed by atoms with Gasteiger partial charge in [-0.25, -0.2) is 9.59 Å². The fraction of sp³-hybridized carbons (Fsp3) is 0.211. The molecule has 0 bridgehead atoms. The molecule has 10 heteroatoms. The molecule has 152 valence electrons. The summed E-state index contributed by atoms with van der Waals surface area (Å²) in [6, 6.07) is 9.78. The highest BCUT2D eigenvalue weighted by Crippen LogP contribution is 2.25. The van der Waals surface area contributed by atoms with E-state index in [1.54, 1.807) is 0 Å². The van der Waals surface area contributed by atoms with Gasteiger partial charge in [0.05, 0.1) is 27.1 Å². The van der Waals surface area contributed by atoms with Crippen LogP contribution in [0.3, 0.4) is 0 Å². The van der Waals surface area contributed by atoms with Crippen LogP contribution in [0, 0.1) is 10.1 Å². The summed E-state index contributed by atoms with van der Waals surface area (Å²) in [5.74, 6) is -1.93. The van der Waals surface area contributed by atoms with Crippen molar-refractivity contribution in [3.05, 3.63) is 68.2 Å². The number of carbonyl (C=O) groups is 3. The number of nitrogens with one attached hydrogen (secondary N) is 1. The quantitative estimate of drug-likeness (QED) is 0.358. The zero-order chi connectivity index (χ0) is 21.4. The van der Waals surface area contributed by atoms with Crippen LogP contribution in [0.15, 0.2) is 46.9 Å². The van der Waals surface area contributed by atoms with Crippen LogP contribution in [0.4, 0.5) is 11.4 Å². The first kappa shape index (κ1) is 22.0.